The van der Waals surface area contributed by atoms with Crippen molar-refractivity contribution in [2.24, 2.45) is 5.92 Å². The lowest BCUT2D eigenvalue weighted by Crippen LogP contribution is -2.46. The van der Waals surface area contributed by atoms with Crippen molar-refractivity contribution in [1.29, 1.82) is 5.26 Å². The van der Waals surface area contributed by atoms with Gasteiger partial charge in [-0.25, -0.2) is 4.39 Å². The molecular weight excluding hydrogens is 443 g/mol. The van der Waals surface area contributed by atoms with E-state index in [1.807, 2.05) is 6.07 Å². The first-order chi connectivity index (χ1) is 14.4. The molecule has 1 fully saturated rings. The van der Waals surface area contributed by atoms with Crippen molar-refractivity contribution in [3.63, 3.8) is 0 Å². The van der Waals surface area contributed by atoms with E-state index in [0.29, 0.717) is 0 Å². The Kier molecular flexibility index (Phi) is 5.93. The van der Waals surface area contributed by atoms with Gasteiger partial charge in [0.15, 0.2) is 17.2 Å². The van der Waals surface area contributed by atoms with Crippen LogP contribution in [0, 0.1) is 35.8 Å². The average Bonchev–Trinajstić information content (AvgIpc) is 2.96. The zero-order chi connectivity index (χ0) is 23.3. The summed E-state index contributed by atoms with van der Waals surface area (Å²) in [5.74, 6) is -5.35. The molecule has 31 heavy (non-hydrogen) atoms. The summed E-state index contributed by atoms with van der Waals surface area (Å²) in [5, 5.41) is 9.19. The molecule has 166 valence electrons. The minimum absolute atomic E-state index is 0.00198. The van der Waals surface area contributed by atoms with Crippen LogP contribution in [-0.4, -0.2) is 23.9 Å². The van der Waals surface area contributed by atoms with Gasteiger partial charge in [0.05, 0.1) is 29.1 Å². The molecule has 0 saturated carbocycles. The maximum absolute atomic E-state index is 14.4. The van der Waals surface area contributed by atoms with Crippen LogP contribution in [-0.2, 0) is 4.74 Å². The van der Waals surface area contributed by atoms with Gasteiger partial charge in [-0.05, 0) is 26.0 Å². The van der Waals surface area contributed by atoms with Crippen molar-refractivity contribution < 1.29 is 31.4 Å². The van der Waals surface area contributed by atoms with E-state index in [4.69, 9.17) is 21.1 Å². The summed E-state index contributed by atoms with van der Waals surface area (Å²) in [6.07, 6.45) is -6.08. The highest BCUT2D eigenvalue weighted by Gasteiger charge is 2.65. The van der Waals surface area contributed by atoms with Crippen LogP contribution in [0.5, 0.6) is 5.75 Å². The first-order valence-electron chi connectivity index (χ1n) is 9.20. The first kappa shape index (κ1) is 23.2. The molecule has 0 aliphatic carbocycles. The summed E-state index contributed by atoms with van der Waals surface area (Å²) in [5.41, 5.74) is -2.28. The van der Waals surface area contributed by atoms with Gasteiger partial charge in [-0.3, -0.25) is 4.98 Å². The smallest absolute Gasteiger partial charge is 0.417 e. The van der Waals surface area contributed by atoms with Crippen molar-refractivity contribution in [3.05, 3.63) is 57.4 Å². The van der Waals surface area contributed by atoms with Crippen molar-refractivity contribution in [2.45, 2.75) is 44.6 Å². The van der Waals surface area contributed by atoms with Crippen molar-refractivity contribution in [1.82, 2.24) is 4.98 Å². The number of nitriles is 1. The Balaban J connectivity index is 2.26. The zero-order valence-corrected chi connectivity index (χ0v) is 17.7. The van der Waals surface area contributed by atoms with Gasteiger partial charge in [0.2, 0.25) is 5.82 Å². The normalized spacial score (nSPS) is 26.0. The number of rotatable bonds is 3. The van der Waals surface area contributed by atoms with Crippen LogP contribution < -0.4 is 4.74 Å². The Morgan fingerprint density at radius 1 is 1.29 bits per heavy atom. The van der Waals surface area contributed by atoms with E-state index >= 15 is 0 Å². The lowest BCUT2D eigenvalue weighted by atomic mass is 9.76. The quantitative estimate of drug-likeness (QED) is 0.526. The monoisotopic (exact) mass is 460 g/mol. The Morgan fingerprint density at radius 3 is 2.45 bits per heavy atom. The Hall–Kier alpha value is -2.44. The molecule has 1 saturated heterocycles. The van der Waals surface area contributed by atoms with E-state index in [9.17, 15) is 27.2 Å². The summed E-state index contributed by atoms with van der Waals surface area (Å²) in [4.78, 5) is 4.23. The number of pyridine rings is 1. The third kappa shape index (κ3) is 3.62. The molecule has 0 radical (unpaired) electrons. The van der Waals surface area contributed by atoms with Gasteiger partial charge in [0.1, 0.15) is 12.2 Å². The average molecular weight is 461 g/mol. The number of aryl methyl sites for hydroxylation is 1. The highest BCUT2D eigenvalue weighted by molar-refractivity contribution is 6.31. The molecule has 1 aromatic carbocycles. The van der Waals surface area contributed by atoms with Gasteiger partial charge in [-0.2, -0.15) is 22.8 Å². The summed E-state index contributed by atoms with van der Waals surface area (Å²) >= 11 is 6.13. The maximum atomic E-state index is 14.4. The molecule has 1 aliphatic rings. The SMILES string of the molecule is COc1c([C@H]2[C@H](c3cc(Cl)c(C#N)c(C)n3)O[C@@](C)(C(F)(F)F)[C@H]2C)ccc(F)c1F. The van der Waals surface area contributed by atoms with Gasteiger partial charge in [0.25, 0.3) is 0 Å². The first-order valence-corrected chi connectivity index (χ1v) is 9.58. The number of hydrogen-bond donors (Lipinski definition) is 0. The van der Waals surface area contributed by atoms with Gasteiger partial charge in [0, 0.05) is 17.4 Å². The predicted octanol–water partition coefficient (Wildman–Crippen LogP) is 6.01. The Labute approximate surface area is 180 Å². The van der Waals surface area contributed by atoms with Crippen LogP contribution in [0.2, 0.25) is 5.02 Å². The summed E-state index contributed by atoms with van der Waals surface area (Å²) in [6, 6.07) is 5.13. The lowest BCUT2D eigenvalue weighted by Gasteiger charge is -2.32. The molecule has 2 aromatic rings. The van der Waals surface area contributed by atoms with Crippen LogP contribution in [0.4, 0.5) is 22.0 Å². The van der Waals surface area contributed by atoms with Crippen molar-refractivity contribution in [3.8, 4) is 11.8 Å². The van der Waals surface area contributed by atoms with E-state index in [2.05, 4.69) is 4.98 Å². The fourth-order valence-electron chi connectivity index (χ4n) is 4.00. The van der Waals surface area contributed by atoms with E-state index < -0.39 is 47.1 Å². The van der Waals surface area contributed by atoms with E-state index in [1.54, 1.807) is 0 Å². The van der Waals surface area contributed by atoms with Crippen LogP contribution in [0.1, 0.15) is 48.4 Å². The zero-order valence-electron chi connectivity index (χ0n) is 16.9. The van der Waals surface area contributed by atoms with Crippen molar-refractivity contribution >= 4 is 11.6 Å². The standard InChI is InChI=1S/C21H18ClF5N2O2/c1-9-16(11-5-6-14(23)17(24)18(11)30-4)19(31-20(9,3)21(25,26)27)15-7-13(22)12(8-28)10(2)29-15/h5-7,9,16,19H,1-4H3/t9-,16-,19-,20+/m0/s1. The molecule has 2 heterocycles. The number of nitrogens with zero attached hydrogens (tertiary/aromatic N) is 2. The lowest BCUT2D eigenvalue weighted by molar-refractivity contribution is -0.275. The number of ether oxygens (including phenoxy) is 2. The molecule has 1 aliphatic heterocycles. The Morgan fingerprint density at radius 2 is 1.94 bits per heavy atom. The van der Waals surface area contributed by atoms with Crippen LogP contribution in [0.25, 0.3) is 0 Å². The predicted molar refractivity (Wildman–Crippen MR) is 102 cm³/mol. The maximum Gasteiger partial charge on any atom is 0.417 e. The molecule has 3 rings (SSSR count). The summed E-state index contributed by atoms with van der Waals surface area (Å²) in [7, 11) is 1.10. The minimum Gasteiger partial charge on any atom is -0.493 e. The number of alkyl halides is 3. The molecule has 4 nitrogen and oxygen atoms in total. The fraction of sp³-hybridized carbons (Fsp3) is 0.429. The number of benzene rings is 1. The fourth-order valence-corrected chi connectivity index (χ4v) is 4.30. The van der Waals surface area contributed by atoms with E-state index in [0.717, 1.165) is 20.1 Å². The second kappa shape index (κ2) is 7.92. The second-order valence-electron chi connectivity index (χ2n) is 7.54. The molecule has 10 heteroatoms. The number of hydrogen-bond acceptors (Lipinski definition) is 4. The molecule has 4 atom stereocenters. The molecule has 0 amide bonds. The molecule has 0 bridgehead atoms. The Bertz CT molecular complexity index is 1050. The third-order valence-corrected chi connectivity index (χ3v) is 6.19. The van der Waals surface area contributed by atoms with Crippen molar-refractivity contribution in [2.75, 3.05) is 7.11 Å². The number of halogens is 6. The van der Waals surface area contributed by atoms with Gasteiger partial charge in [-0.1, -0.05) is 24.6 Å². The van der Waals surface area contributed by atoms with Crippen LogP contribution >= 0.6 is 11.6 Å². The molecule has 0 unspecified atom stereocenters. The van der Waals surface area contributed by atoms with E-state index in [1.165, 1.54) is 26.0 Å². The molecule has 0 N–H and O–H groups in total. The third-order valence-electron chi connectivity index (χ3n) is 5.89. The molecular formula is C21H18ClF5N2O2. The van der Waals surface area contributed by atoms with Crippen LogP contribution in [0.15, 0.2) is 18.2 Å². The number of aromatic nitrogens is 1. The highest BCUT2D eigenvalue weighted by Crippen LogP contribution is 2.59. The largest absolute Gasteiger partial charge is 0.493 e. The minimum atomic E-state index is -4.77. The second-order valence-corrected chi connectivity index (χ2v) is 7.95. The summed E-state index contributed by atoms with van der Waals surface area (Å²) in [6.45, 7) is 3.70. The van der Waals surface area contributed by atoms with Crippen LogP contribution in [0.3, 0.4) is 0 Å². The molecule has 0 spiro atoms. The van der Waals surface area contributed by atoms with Gasteiger partial charge < -0.3 is 9.47 Å². The molecule has 1 aromatic heterocycles. The summed E-state index contributed by atoms with van der Waals surface area (Å²) < 4.78 is 80.7. The highest BCUT2D eigenvalue weighted by atomic mass is 35.5. The number of methoxy groups -OCH3 is 1. The van der Waals surface area contributed by atoms with Gasteiger partial charge >= 0.3 is 6.18 Å². The van der Waals surface area contributed by atoms with Gasteiger partial charge in [-0.15, -0.1) is 0 Å². The topological polar surface area (TPSA) is 55.1 Å². The van der Waals surface area contributed by atoms with E-state index in [-0.39, 0.29) is 27.5 Å².